The highest BCUT2D eigenvalue weighted by Crippen LogP contribution is 2.17. The highest BCUT2D eigenvalue weighted by atomic mass is 16.5. The van der Waals surface area contributed by atoms with E-state index in [0.29, 0.717) is 6.54 Å². The normalized spacial score (nSPS) is 13.5. The van der Waals surface area contributed by atoms with Gasteiger partial charge in [-0.25, -0.2) is 0 Å². The summed E-state index contributed by atoms with van der Waals surface area (Å²) in [6.45, 7) is 4.20. The average Bonchev–Trinajstić information content (AvgIpc) is 2.36. The number of β-amino-alcohol motifs (C(OH)–C–C–N with tert-alkyl or cyclic N) is 1. The molecule has 0 fully saturated rings. The number of aliphatic hydroxyl groups excluding tert-OH is 2. The smallest absolute Gasteiger partial charge is 0.118 e. The third-order valence-corrected chi connectivity index (χ3v) is 2.67. The van der Waals surface area contributed by atoms with Gasteiger partial charge in [0.1, 0.15) is 5.75 Å². The maximum atomic E-state index is 9.96. The summed E-state index contributed by atoms with van der Waals surface area (Å²) >= 11 is 0. The van der Waals surface area contributed by atoms with Crippen LogP contribution in [0.2, 0.25) is 0 Å². The Kier molecular flexibility index (Phi) is 4.93. The molecular weight excluding hydrogens is 218 g/mol. The van der Waals surface area contributed by atoms with Crippen molar-refractivity contribution >= 4 is 0 Å². The molecule has 0 saturated carbocycles. The van der Waals surface area contributed by atoms with Gasteiger partial charge in [-0.2, -0.15) is 0 Å². The van der Waals surface area contributed by atoms with Gasteiger partial charge in [0.25, 0.3) is 0 Å². The second-order valence-electron chi connectivity index (χ2n) is 4.71. The highest BCUT2D eigenvalue weighted by Gasteiger charge is 2.17. The zero-order valence-corrected chi connectivity index (χ0v) is 10.6. The number of hydrogen-bond donors (Lipinski definition) is 3. The van der Waals surface area contributed by atoms with Crippen molar-refractivity contribution in [2.75, 3.05) is 20.3 Å². The first kappa shape index (κ1) is 14.0. The van der Waals surface area contributed by atoms with Crippen LogP contribution >= 0.6 is 0 Å². The largest absolute Gasteiger partial charge is 0.497 e. The first-order valence-corrected chi connectivity index (χ1v) is 5.66. The van der Waals surface area contributed by atoms with Crippen LogP contribution in [-0.4, -0.2) is 36.0 Å². The number of ether oxygens (including phenoxy) is 1. The summed E-state index contributed by atoms with van der Waals surface area (Å²) in [5, 5.41) is 22.1. The molecule has 1 atom stereocenters. The highest BCUT2D eigenvalue weighted by molar-refractivity contribution is 5.28. The van der Waals surface area contributed by atoms with E-state index in [9.17, 15) is 5.11 Å². The summed E-state index contributed by atoms with van der Waals surface area (Å²) in [6, 6.07) is 7.29. The van der Waals surface area contributed by atoms with Gasteiger partial charge in [-0.3, -0.25) is 0 Å². The van der Waals surface area contributed by atoms with E-state index in [0.717, 1.165) is 11.3 Å². The predicted octanol–water partition coefficient (Wildman–Crippen LogP) is 1.09. The predicted molar refractivity (Wildman–Crippen MR) is 67.1 cm³/mol. The molecule has 0 aliphatic carbocycles. The summed E-state index contributed by atoms with van der Waals surface area (Å²) in [5.74, 6) is 0.768. The number of hydrogen-bond acceptors (Lipinski definition) is 4. The second kappa shape index (κ2) is 6.00. The Bertz CT molecular complexity index is 335. The van der Waals surface area contributed by atoms with E-state index < -0.39 is 6.10 Å². The number of methoxy groups -OCH3 is 1. The van der Waals surface area contributed by atoms with Crippen molar-refractivity contribution in [3.05, 3.63) is 29.8 Å². The molecular formula is C13H21NO3. The van der Waals surface area contributed by atoms with Crippen LogP contribution in [0.1, 0.15) is 25.5 Å². The van der Waals surface area contributed by atoms with Gasteiger partial charge in [0.15, 0.2) is 0 Å². The molecule has 4 heteroatoms. The minimum Gasteiger partial charge on any atom is -0.497 e. The van der Waals surface area contributed by atoms with E-state index in [4.69, 9.17) is 9.84 Å². The summed E-state index contributed by atoms with van der Waals surface area (Å²) in [6.07, 6.45) is -0.591. The Labute approximate surface area is 102 Å². The van der Waals surface area contributed by atoms with Crippen LogP contribution in [0, 0.1) is 0 Å². The lowest BCUT2D eigenvalue weighted by molar-refractivity contribution is 0.136. The minimum atomic E-state index is -0.591. The minimum absolute atomic E-state index is 0.0301. The first-order valence-electron chi connectivity index (χ1n) is 5.66. The van der Waals surface area contributed by atoms with E-state index in [-0.39, 0.29) is 12.1 Å². The molecule has 1 aromatic rings. The van der Waals surface area contributed by atoms with Crippen molar-refractivity contribution < 1.29 is 14.9 Å². The van der Waals surface area contributed by atoms with Crippen molar-refractivity contribution in [1.29, 1.82) is 0 Å². The van der Waals surface area contributed by atoms with Crippen LogP contribution in [0.5, 0.6) is 5.75 Å². The van der Waals surface area contributed by atoms with Gasteiger partial charge in [-0.05, 0) is 31.5 Å². The molecule has 0 heterocycles. The Morgan fingerprint density at radius 3 is 2.35 bits per heavy atom. The summed E-state index contributed by atoms with van der Waals surface area (Å²) < 4.78 is 5.05. The Hall–Kier alpha value is -1.10. The number of rotatable bonds is 6. The summed E-state index contributed by atoms with van der Waals surface area (Å²) in [7, 11) is 1.61. The topological polar surface area (TPSA) is 61.7 Å². The fraction of sp³-hybridized carbons (Fsp3) is 0.538. The molecule has 17 heavy (non-hydrogen) atoms. The Morgan fingerprint density at radius 1 is 1.29 bits per heavy atom. The van der Waals surface area contributed by atoms with E-state index >= 15 is 0 Å². The zero-order chi connectivity index (χ0) is 12.9. The van der Waals surface area contributed by atoms with Gasteiger partial charge in [-0.1, -0.05) is 12.1 Å². The van der Waals surface area contributed by atoms with Crippen LogP contribution in [0.15, 0.2) is 24.3 Å². The molecule has 0 aliphatic rings. The molecule has 0 amide bonds. The maximum absolute atomic E-state index is 9.96. The van der Waals surface area contributed by atoms with Gasteiger partial charge >= 0.3 is 0 Å². The van der Waals surface area contributed by atoms with Gasteiger partial charge < -0.3 is 20.3 Å². The van der Waals surface area contributed by atoms with Gasteiger partial charge in [0, 0.05) is 12.1 Å². The van der Waals surface area contributed by atoms with E-state index in [1.54, 1.807) is 7.11 Å². The third kappa shape index (κ3) is 4.34. The number of nitrogens with one attached hydrogen (secondary N) is 1. The molecule has 4 nitrogen and oxygen atoms in total. The summed E-state index contributed by atoms with van der Waals surface area (Å²) in [4.78, 5) is 0. The van der Waals surface area contributed by atoms with Crippen LogP contribution in [0.25, 0.3) is 0 Å². The fourth-order valence-corrected chi connectivity index (χ4v) is 1.37. The summed E-state index contributed by atoms with van der Waals surface area (Å²) in [5.41, 5.74) is 0.444. The molecule has 0 aromatic heterocycles. The molecule has 0 bridgehead atoms. The zero-order valence-electron chi connectivity index (χ0n) is 10.6. The fourth-order valence-electron chi connectivity index (χ4n) is 1.37. The lowest BCUT2D eigenvalue weighted by atomic mass is 10.0. The van der Waals surface area contributed by atoms with Crippen molar-refractivity contribution in [3.63, 3.8) is 0 Å². The van der Waals surface area contributed by atoms with Crippen molar-refractivity contribution in [3.8, 4) is 5.75 Å². The van der Waals surface area contributed by atoms with Crippen LogP contribution < -0.4 is 10.1 Å². The molecule has 0 spiro atoms. The van der Waals surface area contributed by atoms with E-state index in [1.165, 1.54) is 0 Å². The van der Waals surface area contributed by atoms with Crippen LogP contribution in [0.3, 0.4) is 0 Å². The molecule has 0 aliphatic heterocycles. The molecule has 3 N–H and O–H groups in total. The standard InChI is InChI=1S/C13H21NO3/c1-13(2,9-15)14-8-12(16)10-4-6-11(17-3)7-5-10/h4-7,12,14-16H,8-9H2,1-3H3. The SMILES string of the molecule is COc1ccc(C(O)CNC(C)(C)CO)cc1. The van der Waals surface area contributed by atoms with Crippen molar-refractivity contribution in [1.82, 2.24) is 5.32 Å². The van der Waals surface area contributed by atoms with Crippen LogP contribution in [0.4, 0.5) is 0 Å². The van der Waals surface area contributed by atoms with Crippen molar-refractivity contribution in [2.24, 2.45) is 0 Å². The molecule has 1 aromatic carbocycles. The number of benzene rings is 1. The molecule has 0 saturated heterocycles. The molecule has 0 radical (unpaired) electrons. The lowest BCUT2D eigenvalue weighted by Crippen LogP contribution is -2.44. The second-order valence-corrected chi connectivity index (χ2v) is 4.71. The monoisotopic (exact) mass is 239 g/mol. The Morgan fingerprint density at radius 2 is 1.88 bits per heavy atom. The average molecular weight is 239 g/mol. The van der Waals surface area contributed by atoms with E-state index in [2.05, 4.69) is 5.32 Å². The maximum Gasteiger partial charge on any atom is 0.118 e. The molecule has 1 rings (SSSR count). The number of aliphatic hydroxyl groups is 2. The first-order chi connectivity index (χ1) is 7.98. The quantitative estimate of drug-likeness (QED) is 0.695. The Balaban J connectivity index is 2.54. The third-order valence-electron chi connectivity index (χ3n) is 2.67. The van der Waals surface area contributed by atoms with Gasteiger partial charge in [0.05, 0.1) is 19.8 Å². The van der Waals surface area contributed by atoms with Gasteiger partial charge in [0.2, 0.25) is 0 Å². The van der Waals surface area contributed by atoms with E-state index in [1.807, 2.05) is 38.1 Å². The van der Waals surface area contributed by atoms with Crippen molar-refractivity contribution in [2.45, 2.75) is 25.5 Å². The van der Waals surface area contributed by atoms with Gasteiger partial charge in [-0.15, -0.1) is 0 Å². The molecule has 96 valence electrons. The lowest BCUT2D eigenvalue weighted by Gasteiger charge is -2.25. The molecule has 1 unspecified atom stereocenters. The van der Waals surface area contributed by atoms with Crippen LogP contribution in [-0.2, 0) is 0 Å².